The second kappa shape index (κ2) is 9.48. The zero-order valence-corrected chi connectivity index (χ0v) is 20.6. The van der Waals surface area contributed by atoms with Crippen LogP contribution in [0.15, 0.2) is 36.5 Å². The molecule has 3 aliphatic rings. The van der Waals surface area contributed by atoms with Crippen molar-refractivity contribution >= 4 is 16.9 Å². The summed E-state index contributed by atoms with van der Waals surface area (Å²) in [7, 11) is 1.60. The van der Waals surface area contributed by atoms with Crippen LogP contribution in [-0.2, 0) is 4.79 Å². The van der Waals surface area contributed by atoms with E-state index in [1.807, 2.05) is 11.0 Å². The van der Waals surface area contributed by atoms with Gasteiger partial charge in [0.2, 0.25) is 5.91 Å². The van der Waals surface area contributed by atoms with E-state index in [2.05, 4.69) is 20.9 Å². The Balaban J connectivity index is 1.16. The molecule has 0 spiro atoms. The number of nitrogens with one attached hydrogen (secondary N) is 1. The summed E-state index contributed by atoms with van der Waals surface area (Å²) >= 11 is 0. The number of fused-ring (bicyclic) bond motifs is 2. The van der Waals surface area contributed by atoms with Gasteiger partial charge in [-0.05, 0) is 79.3 Å². The van der Waals surface area contributed by atoms with Gasteiger partial charge in [0.25, 0.3) is 0 Å². The summed E-state index contributed by atoms with van der Waals surface area (Å²) in [5.41, 5.74) is 3.62. The van der Waals surface area contributed by atoms with Crippen molar-refractivity contribution < 1.29 is 19.0 Å². The summed E-state index contributed by atoms with van der Waals surface area (Å²) in [5.74, 6) is 2.08. The lowest BCUT2D eigenvalue weighted by atomic mass is 9.99. The molecular weight excluding hydrogens is 459 g/mol. The van der Waals surface area contributed by atoms with Crippen molar-refractivity contribution in [3.63, 3.8) is 0 Å². The number of ether oxygens (including phenoxy) is 1. The van der Waals surface area contributed by atoms with Crippen LogP contribution in [0, 0.1) is 17.7 Å². The van der Waals surface area contributed by atoms with E-state index in [0.717, 1.165) is 67.5 Å². The quantitative estimate of drug-likeness (QED) is 0.547. The predicted octanol–water partition coefficient (Wildman–Crippen LogP) is 3.79. The molecule has 2 N–H and O–H groups in total. The largest absolute Gasteiger partial charge is 0.496 e. The van der Waals surface area contributed by atoms with Crippen molar-refractivity contribution in [1.29, 1.82) is 0 Å². The van der Waals surface area contributed by atoms with Gasteiger partial charge >= 0.3 is 0 Å². The molecule has 3 aromatic rings. The first-order valence-corrected chi connectivity index (χ1v) is 13.0. The fraction of sp³-hybridized carbons (Fsp3) is 0.500. The maximum Gasteiger partial charge on any atom is 0.237 e. The number of aliphatic hydroxyl groups excluding tert-OH is 1. The average molecular weight is 493 g/mol. The molecule has 6 rings (SSSR count). The number of halogens is 1. The topological polar surface area (TPSA) is 81.7 Å². The Morgan fingerprint density at radius 3 is 2.75 bits per heavy atom. The molecule has 1 aliphatic carbocycles. The molecule has 1 aromatic carbocycles. The molecule has 7 nitrogen and oxygen atoms in total. The number of benzene rings is 1. The fourth-order valence-electron chi connectivity index (χ4n) is 6.81. The third kappa shape index (κ3) is 4.16. The summed E-state index contributed by atoms with van der Waals surface area (Å²) in [5, 5.41) is 10.5. The lowest BCUT2D eigenvalue weighted by Crippen LogP contribution is -2.43. The number of carbonyl (C=O) groups excluding carboxylic acids is 1. The first-order chi connectivity index (χ1) is 17.5. The molecule has 0 radical (unpaired) electrons. The van der Waals surface area contributed by atoms with E-state index < -0.39 is 0 Å². The number of H-pyrrole nitrogens is 1. The molecule has 2 saturated heterocycles. The van der Waals surface area contributed by atoms with E-state index >= 15 is 0 Å². The SMILES string of the molecule is COc1ccc(F)cc1-c1ccnc2[nH]c(C3CC4CN(CC(=O)N5CCC[C@H]5CO)CC4C3)cc12. The maximum atomic E-state index is 14.1. The van der Waals surface area contributed by atoms with E-state index in [9.17, 15) is 14.3 Å². The highest BCUT2D eigenvalue weighted by Gasteiger charge is 2.42. The highest BCUT2D eigenvalue weighted by molar-refractivity contribution is 5.95. The third-order valence-corrected chi connectivity index (χ3v) is 8.54. The van der Waals surface area contributed by atoms with Crippen LogP contribution in [0.1, 0.15) is 37.3 Å². The van der Waals surface area contributed by atoms with Gasteiger partial charge in [0.1, 0.15) is 17.2 Å². The van der Waals surface area contributed by atoms with Crippen molar-refractivity contribution in [1.82, 2.24) is 19.8 Å². The number of aromatic nitrogens is 2. The van der Waals surface area contributed by atoms with Crippen molar-refractivity contribution in [2.45, 2.75) is 37.6 Å². The molecule has 2 aromatic heterocycles. The van der Waals surface area contributed by atoms with Crippen LogP contribution in [0.2, 0.25) is 0 Å². The Bertz CT molecular complexity index is 1260. The second-order valence-corrected chi connectivity index (χ2v) is 10.6. The minimum atomic E-state index is -0.296. The van der Waals surface area contributed by atoms with E-state index in [0.29, 0.717) is 30.0 Å². The van der Waals surface area contributed by atoms with Crippen LogP contribution in [0.3, 0.4) is 0 Å². The highest BCUT2D eigenvalue weighted by Crippen LogP contribution is 2.47. The number of hydrogen-bond donors (Lipinski definition) is 2. The molecule has 0 bridgehead atoms. The standard InChI is InChI=1S/C28H33FN4O3/c1-36-26-5-4-20(29)11-23(26)22-6-7-30-28-24(22)12-25(31-28)17-9-18-13-32(14-19(18)10-17)15-27(35)33-8-2-3-21(33)16-34/h4-7,11-12,17-19,21,34H,2-3,8-10,13-16H2,1H3,(H,30,31)/t17?,18?,19?,21-/m0/s1. The van der Waals surface area contributed by atoms with Crippen LogP contribution >= 0.6 is 0 Å². The number of aromatic amines is 1. The number of hydrogen-bond acceptors (Lipinski definition) is 5. The highest BCUT2D eigenvalue weighted by atomic mass is 19.1. The Hall–Kier alpha value is -2.97. The first-order valence-electron chi connectivity index (χ1n) is 13.0. The van der Waals surface area contributed by atoms with Gasteiger partial charge in [0.05, 0.1) is 26.3 Å². The zero-order valence-electron chi connectivity index (χ0n) is 20.6. The number of likely N-dealkylation sites (tertiary alicyclic amines) is 2. The van der Waals surface area contributed by atoms with Gasteiger partial charge in [-0.15, -0.1) is 0 Å². The molecule has 190 valence electrons. The van der Waals surface area contributed by atoms with Gasteiger partial charge in [0.15, 0.2) is 0 Å². The number of methoxy groups -OCH3 is 1. The summed E-state index contributed by atoms with van der Waals surface area (Å²) < 4.78 is 19.6. The van der Waals surface area contributed by atoms with E-state index in [4.69, 9.17) is 4.74 Å². The predicted molar refractivity (Wildman–Crippen MR) is 135 cm³/mol. The zero-order chi connectivity index (χ0) is 24.8. The van der Waals surface area contributed by atoms with E-state index in [1.54, 1.807) is 19.4 Å². The summed E-state index contributed by atoms with van der Waals surface area (Å²) in [6, 6.07) is 8.67. The monoisotopic (exact) mass is 492 g/mol. The minimum absolute atomic E-state index is 0.00292. The molecular formula is C28H33FN4O3. The summed E-state index contributed by atoms with van der Waals surface area (Å²) in [6.07, 6.45) is 5.81. The molecule has 2 aliphatic heterocycles. The first kappa shape index (κ1) is 23.4. The van der Waals surface area contributed by atoms with Crippen LogP contribution in [-0.4, -0.2) is 76.7 Å². The Labute approximate surface area is 210 Å². The third-order valence-electron chi connectivity index (χ3n) is 8.54. The van der Waals surface area contributed by atoms with Crippen LogP contribution in [0.5, 0.6) is 5.75 Å². The Morgan fingerprint density at radius 1 is 1.19 bits per heavy atom. The van der Waals surface area contributed by atoms with Crippen LogP contribution in [0.4, 0.5) is 4.39 Å². The number of rotatable bonds is 6. The summed E-state index contributed by atoms with van der Waals surface area (Å²) in [6.45, 7) is 3.20. The number of pyridine rings is 1. The van der Waals surface area contributed by atoms with Crippen molar-refractivity contribution in [2.75, 3.05) is 39.9 Å². The fourth-order valence-corrected chi connectivity index (χ4v) is 6.81. The molecule has 36 heavy (non-hydrogen) atoms. The molecule has 3 fully saturated rings. The lowest BCUT2D eigenvalue weighted by molar-refractivity contribution is -0.133. The lowest BCUT2D eigenvalue weighted by Gasteiger charge is -2.26. The van der Waals surface area contributed by atoms with Crippen LogP contribution < -0.4 is 4.74 Å². The van der Waals surface area contributed by atoms with E-state index in [-0.39, 0.29) is 24.4 Å². The number of aliphatic hydroxyl groups is 1. The van der Waals surface area contributed by atoms with E-state index in [1.165, 1.54) is 17.8 Å². The van der Waals surface area contributed by atoms with Gasteiger partial charge in [0, 0.05) is 42.5 Å². The van der Waals surface area contributed by atoms with Gasteiger partial charge in [-0.1, -0.05) is 0 Å². The van der Waals surface area contributed by atoms with Crippen molar-refractivity contribution in [3.05, 3.63) is 48.0 Å². The van der Waals surface area contributed by atoms with Gasteiger partial charge in [-0.3, -0.25) is 9.69 Å². The smallest absolute Gasteiger partial charge is 0.237 e. The Kier molecular flexibility index (Phi) is 6.17. The second-order valence-electron chi connectivity index (χ2n) is 10.6. The molecule has 2 unspecified atom stereocenters. The Morgan fingerprint density at radius 2 is 2.00 bits per heavy atom. The van der Waals surface area contributed by atoms with Gasteiger partial charge < -0.3 is 19.7 Å². The molecule has 8 heteroatoms. The van der Waals surface area contributed by atoms with Gasteiger partial charge in [-0.2, -0.15) is 0 Å². The number of amides is 1. The maximum absolute atomic E-state index is 14.1. The summed E-state index contributed by atoms with van der Waals surface area (Å²) in [4.78, 5) is 25.1. The minimum Gasteiger partial charge on any atom is -0.496 e. The van der Waals surface area contributed by atoms with Crippen LogP contribution in [0.25, 0.3) is 22.2 Å². The molecule has 1 saturated carbocycles. The van der Waals surface area contributed by atoms with Crippen molar-refractivity contribution in [3.8, 4) is 16.9 Å². The number of carbonyl (C=O) groups is 1. The number of nitrogens with zero attached hydrogens (tertiary/aromatic N) is 3. The van der Waals surface area contributed by atoms with Gasteiger partial charge in [-0.25, -0.2) is 9.37 Å². The average Bonchev–Trinajstić information content (AvgIpc) is 3.65. The molecule has 3 atom stereocenters. The molecule has 4 heterocycles. The normalized spacial score (nSPS) is 26.1. The molecule has 1 amide bonds. The van der Waals surface area contributed by atoms with Crippen molar-refractivity contribution in [2.24, 2.45) is 11.8 Å².